The zero-order valence-electron chi connectivity index (χ0n) is 16.0. The highest BCUT2D eigenvalue weighted by molar-refractivity contribution is 7.98. The molecule has 0 atom stereocenters. The quantitative estimate of drug-likeness (QED) is 0.410. The van der Waals surface area contributed by atoms with Crippen LogP contribution < -0.4 is 5.56 Å². The Morgan fingerprint density at radius 3 is 2.75 bits per heavy atom. The number of hydrogen-bond donors (Lipinski definition) is 0. The number of thioether (sulfide) groups is 1. The van der Waals surface area contributed by atoms with Gasteiger partial charge in [-0.3, -0.25) is 9.36 Å². The molecule has 0 unspecified atom stereocenters. The molecule has 6 nitrogen and oxygen atoms in total. The molecule has 0 radical (unpaired) electrons. The van der Waals surface area contributed by atoms with Crippen molar-refractivity contribution in [3.63, 3.8) is 0 Å². The van der Waals surface area contributed by atoms with Crippen molar-refractivity contribution >= 4 is 34.3 Å². The highest BCUT2D eigenvalue weighted by Crippen LogP contribution is 2.32. The van der Waals surface area contributed by atoms with Crippen LogP contribution in [0.2, 0.25) is 5.02 Å². The molecular weight excluding hydrogens is 396 g/mol. The van der Waals surface area contributed by atoms with Crippen LogP contribution in [0.1, 0.15) is 69.7 Å². The number of aromatic nitrogens is 4. The second kappa shape index (κ2) is 8.25. The van der Waals surface area contributed by atoms with Gasteiger partial charge in [0.05, 0.1) is 16.7 Å². The molecule has 2 heterocycles. The average Bonchev–Trinajstić information content (AvgIpc) is 3.16. The minimum atomic E-state index is 0.00413. The monoisotopic (exact) mass is 418 g/mol. The van der Waals surface area contributed by atoms with Crippen LogP contribution in [0, 0.1) is 0 Å². The van der Waals surface area contributed by atoms with Gasteiger partial charge in [0.25, 0.3) is 5.56 Å². The first kappa shape index (κ1) is 19.5. The van der Waals surface area contributed by atoms with Crippen LogP contribution in [0.5, 0.6) is 0 Å². The fourth-order valence-electron chi connectivity index (χ4n) is 3.60. The summed E-state index contributed by atoms with van der Waals surface area (Å²) in [6.07, 6.45) is 5.52. The van der Waals surface area contributed by atoms with Gasteiger partial charge in [0.15, 0.2) is 5.16 Å². The molecule has 1 aliphatic rings. The van der Waals surface area contributed by atoms with Gasteiger partial charge in [0.1, 0.15) is 0 Å². The third kappa shape index (κ3) is 3.96. The molecule has 0 N–H and O–H groups in total. The van der Waals surface area contributed by atoms with Crippen molar-refractivity contribution in [1.82, 2.24) is 19.7 Å². The zero-order chi connectivity index (χ0) is 19.7. The lowest BCUT2D eigenvalue weighted by Crippen LogP contribution is -2.29. The first-order valence-corrected chi connectivity index (χ1v) is 11.1. The van der Waals surface area contributed by atoms with E-state index in [4.69, 9.17) is 21.0 Å². The van der Waals surface area contributed by atoms with E-state index in [2.05, 4.69) is 10.2 Å². The molecule has 28 heavy (non-hydrogen) atoms. The first-order chi connectivity index (χ1) is 13.5. The summed E-state index contributed by atoms with van der Waals surface area (Å²) in [5, 5.41) is 10.1. The summed E-state index contributed by atoms with van der Waals surface area (Å²) >= 11 is 7.59. The van der Waals surface area contributed by atoms with Crippen molar-refractivity contribution in [2.24, 2.45) is 0 Å². The number of halogens is 1. The van der Waals surface area contributed by atoms with E-state index in [1.54, 1.807) is 18.2 Å². The molecule has 4 rings (SSSR count). The van der Waals surface area contributed by atoms with Gasteiger partial charge in [-0.1, -0.05) is 56.5 Å². The number of benzene rings is 1. The lowest BCUT2D eigenvalue weighted by molar-refractivity contribution is 0.326. The van der Waals surface area contributed by atoms with Gasteiger partial charge in [0, 0.05) is 17.0 Å². The molecule has 1 aliphatic carbocycles. The van der Waals surface area contributed by atoms with Gasteiger partial charge in [-0.05, 0) is 31.0 Å². The molecular formula is C20H23ClN4O2S. The van der Waals surface area contributed by atoms with E-state index in [-0.39, 0.29) is 17.5 Å². The summed E-state index contributed by atoms with van der Waals surface area (Å²) < 4.78 is 7.58. The predicted molar refractivity (Wildman–Crippen MR) is 111 cm³/mol. The Labute approximate surface area is 172 Å². The highest BCUT2D eigenvalue weighted by Gasteiger charge is 2.22. The van der Waals surface area contributed by atoms with Crippen molar-refractivity contribution in [2.75, 3.05) is 0 Å². The third-order valence-corrected chi connectivity index (χ3v) is 6.24. The number of rotatable bonds is 5. The molecule has 8 heteroatoms. The smallest absolute Gasteiger partial charge is 0.262 e. The molecule has 2 aromatic heterocycles. The Bertz CT molecular complexity index is 1040. The normalized spacial score (nSPS) is 15.6. The first-order valence-electron chi connectivity index (χ1n) is 9.70. The molecule has 0 aliphatic heterocycles. The van der Waals surface area contributed by atoms with E-state index in [1.807, 2.05) is 18.4 Å². The van der Waals surface area contributed by atoms with Crippen LogP contribution in [0.3, 0.4) is 0 Å². The topological polar surface area (TPSA) is 73.8 Å². The second-order valence-electron chi connectivity index (χ2n) is 7.50. The maximum absolute atomic E-state index is 13.3. The predicted octanol–water partition coefficient (Wildman–Crippen LogP) is 5.35. The van der Waals surface area contributed by atoms with E-state index >= 15 is 0 Å². The van der Waals surface area contributed by atoms with Crippen molar-refractivity contribution in [3.8, 4) is 0 Å². The lowest BCUT2D eigenvalue weighted by atomic mass is 9.95. The average molecular weight is 419 g/mol. The summed E-state index contributed by atoms with van der Waals surface area (Å²) in [7, 11) is 0. The maximum atomic E-state index is 13.3. The SMILES string of the molecule is CC(C)c1nnc(CSc2nc3cc(Cl)ccc3c(=O)n2C2CCCCC2)o1. The second-order valence-corrected chi connectivity index (χ2v) is 8.88. The largest absolute Gasteiger partial charge is 0.424 e. The summed E-state index contributed by atoms with van der Waals surface area (Å²) in [6, 6.07) is 5.45. The van der Waals surface area contributed by atoms with Crippen LogP contribution in [0.25, 0.3) is 10.9 Å². The van der Waals surface area contributed by atoms with Gasteiger partial charge in [-0.2, -0.15) is 0 Å². The van der Waals surface area contributed by atoms with Crippen molar-refractivity contribution in [1.29, 1.82) is 0 Å². The minimum absolute atomic E-state index is 0.00413. The lowest BCUT2D eigenvalue weighted by Gasteiger charge is -2.26. The molecule has 0 saturated heterocycles. The summed E-state index contributed by atoms with van der Waals surface area (Å²) in [5.41, 5.74) is 0.630. The number of hydrogen-bond acceptors (Lipinski definition) is 6. The fraction of sp³-hybridized carbons (Fsp3) is 0.500. The van der Waals surface area contributed by atoms with E-state index in [9.17, 15) is 4.79 Å². The summed E-state index contributed by atoms with van der Waals surface area (Å²) in [4.78, 5) is 18.1. The third-order valence-electron chi connectivity index (χ3n) is 5.07. The van der Waals surface area contributed by atoms with E-state index in [1.165, 1.54) is 18.2 Å². The van der Waals surface area contributed by atoms with Crippen molar-refractivity contribution in [2.45, 2.75) is 68.8 Å². The fourth-order valence-corrected chi connectivity index (χ4v) is 4.67. The Balaban J connectivity index is 1.72. The molecule has 1 fully saturated rings. The van der Waals surface area contributed by atoms with Gasteiger partial charge >= 0.3 is 0 Å². The van der Waals surface area contributed by atoms with E-state index < -0.39 is 0 Å². The molecule has 0 amide bonds. The Morgan fingerprint density at radius 2 is 2.04 bits per heavy atom. The van der Waals surface area contributed by atoms with Crippen LogP contribution in [-0.4, -0.2) is 19.7 Å². The van der Waals surface area contributed by atoms with Crippen LogP contribution in [0.4, 0.5) is 0 Å². The van der Waals surface area contributed by atoms with Gasteiger partial charge < -0.3 is 4.42 Å². The summed E-state index contributed by atoms with van der Waals surface area (Å²) in [5.74, 6) is 1.83. The van der Waals surface area contributed by atoms with Crippen molar-refractivity contribution in [3.05, 3.63) is 45.4 Å². The van der Waals surface area contributed by atoms with E-state index in [0.29, 0.717) is 38.6 Å². The summed E-state index contributed by atoms with van der Waals surface area (Å²) in [6.45, 7) is 4.03. The van der Waals surface area contributed by atoms with E-state index in [0.717, 1.165) is 25.7 Å². The molecule has 1 aromatic carbocycles. The number of fused-ring (bicyclic) bond motifs is 1. The Hall–Kier alpha value is -1.86. The van der Waals surface area contributed by atoms with Crippen LogP contribution in [-0.2, 0) is 5.75 Å². The standard InChI is InChI=1S/C20H23ClN4O2S/c1-12(2)18-24-23-17(27-18)11-28-20-22-16-10-13(21)8-9-15(16)19(26)25(20)14-6-4-3-5-7-14/h8-10,12,14H,3-7,11H2,1-2H3. The van der Waals surface area contributed by atoms with Crippen molar-refractivity contribution < 1.29 is 4.42 Å². The molecule has 3 aromatic rings. The number of nitrogens with zero attached hydrogens (tertiary/aromatic N) is 4. The molecule has 1 saturated carbocycles. The minimum Gasteiger partial charge on any atom is -0.424 e. The molecule has 148 valence electrons. The van der Waals surface area contributed by atoms with Crippen LogP contribution in [0.15, 0.2) is 32.6 Å². The zero-order valence-corrected chi connectivity index (χ0v) is 17.6. The Morgan fingerprint density at radius 1 is 1.25 bits per heavy atom. The van der Waals surface area contributed by atoms with Gasteiger partial charge in [0.2, 0.25) is 11.8 Å². The van der Waals surface area contributed by atoms with Gasteiger partial charge in [-0.25, -0.2) is 4.98 Å². The van der Waals surface area contributed by atoms with Crippen LogP contribution >= 0.6 is 23.4 Å². The van der Waals surface area contributed by atoms with Gasteiger partial charge in [-0.15, -0.1) is 10.2 Å². The highest BCUT2D eigenvalue weighted by atomic mass is 35.5. The Kier molecular flexibility index (Phi) is 5.73. The molecule has 0 spiro atoms. The molecule has 0 bridgehead atoms. The maximum Gasteiger partial charge on any atom is 0.262 e.